The lowest BCUT2D eigenvalue weighted by atomic mass is 9.92. The van der Waals surface area contributed by atoms with Gasteiger partial charge in [0.25, 0.3) is 0 Å². The molecule has 1 amide bonds. The van der Waals surface area contributed by atoms with Gasteiger partial charge in [0, 0.05) is 25.4 Å². The van der Waals surface area contributed by atoms with Crippen LogP contribution in [0.1, 0.15) is 59.8 Å². The SMILES string of the molecule is C#CCCCC(=O)N1CC(C(=O)OC(C)(C)C)CCC1C. The number of carbonyl (C=O) groups is 2. The highest BCUT2D eigenvalue weighted by Gasteiger charge is 2.34. The van der Waals surface area contributed by atoms with Crippen LogP contribution in [0.3, 0.4) is 0 Å². The lowest BCUT2D eigenvalue weighted by Crippen LogP contribution is -2.48. The maximum Gasteiger partial charge on any atom is 0.311 e. The Balaban J connectivity index is 2.59. The van der Waals surface area contributed by atoms with E-state index in [2.05, 4.69) is 5.92 Å². The molecule has 4 heteroatoms. The zero-order valence-corrected chi connectivity index (χ0v) is 13.6. The van der Waals surface area contributed by atoms with Crippen LogP contribution in [-0.4, -0.2) is 35.0 Å². The molecule has 2 unspecified atom stereocenters. The van der Waals surface area contributed by atoms with E-state index in [0.29, 0.717) is 25.8 Å². The van der Waals surface area contributed by atoms with Crippen LogP contribution in [0.4, 0.5) is 0 Å². The minimum absolute atomic E-state index is 0.0889. The van der Waals surface area contributed by atoms with Crippen LogP contribution in [0.2, 0.25) is 0 Å². The number of hydrogen-bond acceptors (Lipinski definition) is 3. The monoisotopic (exact) mass is 293 g/mol. The average Bonchev–Trinajstić information content (AvgIpc) is 2.37. The highest BCUT2D eigenvalue weighted by molar-refractivity contribution is 5.79. The first-order chi connectivity index (χ1) is 9.74. The predicted octanol–water partition coefficient (Wildman–Crippen LogP) is 2.76. The Hall–Kier alpha value is -1.50. The van der Waals surface area contributed by atoms with Crippen molar-refractivity contribution in [2.24, 2.45) is 5.92 Å². The van der Waals surface area contributed by atoms with Crippen molar-refractivity contribution < 1.29 is 14.3 Å². The van der Waals surface area contributed by atoms with Gasteiger partial charge in [-0.25, -0.2) is 0 Å². The van der Waals surface area contributed by atoms with Crippen molar-refractivity contribution in [2.45, 2.75) is 71.4 Å². The molecule has 0 aromatic carbocycles. The third-order valence-corrected chi connectivity index (χ3v) is 3.65. The number of terminal acetylenes is 1. The smallest absolute Gasteiger partial charge is 0.311 e. The van der Waals surface area contributed by atoms with E-state index in [1.165, 1.54) is 0 Å². The number of piperidine rings is 1. The molecule has 0 N–H and O–H groups in total. The second kappa shape index (κ2) is 7.49. The molecule has 0 bridgehead atoms. The quantitative estimate of drug-likeness (QED) is 0.455. The highest BCUT2D eigenvalue weighted by Crippen LogP contribution is 2.25. The first kappa shape index (κ1) is 17.6. The molecular formula is C17H27NO3. The summed E-state index contributed by atoms with van der Waals surface area (Å²) >= 11 is 0. The Morgan fingerprint density at radius 3 is 2.57 bits per heavy atom. The van der Waals surface area contributed by atoms with Gasteiger partial charge in [0.1, 0.15) is 5.60 Å². The maximum atomic E-state index is 12.2. The Kier molecular flexibility index (Phi) is 6.26. The Labute approximate surface area is 128 Å². The van der Waals surface area contributed by atoms with Crippen LogP contribution < -0.4 is 0 Å². The number of esters is 1. The van der Waals surface area contributed by atoms with E-state index >= 15 is 0 Å². The summed E-state index contributed by atoms with van der Waals surface area (Å²) in [6.07, 6.45) is 8.60. The molecule has 1 aliphatic rings. The van der Waals surface area contributed by atoms with Crippen LogP contribution in [-0.2, 0) is 14.3 Å². The van der Waals surface area contributed by atoms with E-state index in [4.69, 9.17) is 11.2 Å². The molecule has 0 aromatic heterocycles. The molecule has 0 spiro atoms. The number of rotatable bonds is 4. The molecule has 0 radical (unpaired) electrons. The molecule has 118 valence electrons. The molecule has 1 fully saturated rings. The molecule has 0 aliphatic carbocycles. The number of nitrogens with zero attached hydrogens (tertiary/aromatic N) is 1. The first-order valence-corrected chi connectivity index (χ1v) is 7.70. The summed E-state index contributed by atoms with van der Waals surface area (Å²) in [6, 6.07) is 0.182. The molecule has 1 rings (SSSR count). The van der Waals surface area contributed by atoms with E-state index in [9.17, 15) is 9.59 Å². The predicted molar refractivity (Wildman–Crippen MR) is 82.4 cm³/mol. The number of carbonyl (C=O) groups excluding carboxylic acids is 2. The summed E-state index contributed by atoms with van der Waals surface area (Å²) in [5, 5.41) is 0. The largest absolute Gasteiger partial charge is 0.460 e. The van der Waals surface area contributed by atoms with Crippen molar-refractivity contribution in [1.82, 2.24) is 4.90 Å². The van der Waals surface area contributed by atoms with Crippen molar-refractivity contribution in [3.63, 3.8) is 0 Å². The minimum Gasteiger partial charge on any atom is -0.460 e. The minimum atomic E-state index is -0.484. The number of likely N-dealkylation sites (tertiary alicyclic amines) is 1. The summed E-state index contributed by atoms with van der Waals surface area (Å²) in [5.41, 5.74) is -0.484. The van der Waals surface area contributed by atoms with Crippen LogP contribution in [0.15, 0.2) is 0 Å². The van der Waals surface area contributed by atoms with Crippen molar-refractivity contribution in [3.8, 4) is 12.3 Å². The van der Waals surface area contributed by atoms with E-state index in [1.54, 1.807) is 0 Å². The van der Waals surface area contributed by atoms with Gasteiger partial charge in [-0.05, 0) is 47.0 Å². The van der Waals surface area contributed by atoms with Gasteiger partial charge in [0.05, 0.1) is 5.92 Å². The summed E-state index contributed by atoms with van der Waals surface area (Å²) in [7, 11) is 0. The van der Waals surface area contributed by atoms with Crippen LogP contribution in [0.25, 0.3) is 0 Å². The summed E-state index contributed by atoms with van der Waals surface area (Å²) < 4.78 is 5.44. The maximum absolute atomic E-state index is 12.2. The van der Waals surface area contributed by atoms with Crippen LogP contribution in [0, 0.1) is 18.3 Å². The fraction of sp³-hybridized carbons (Fsp3) is 0.765. The lowest BCUT2D eigenvalue weighted by molar-refractivity contribution is -0.163. The van der Waals surface area contributed by atoms with Crippen LogP contribution in [0.5, 0.6) is 0 Å². The molecule has 21 heavy (non-hydrogen) atoms. The Bertz CT molecular complexity index is 417. The number of hydrogen-bond donors (Lipinski definition) is 0. The topological polar surface area (TPSA) is 46.6 Å². The highest BCUT2D eigenvalue weighted by atomic mass is 16.6. The third-order valence-electron chi connectivity index (χ3n) is 3.65. The fourth-order valence-electron chi connectivity index (χ4n) is 2.52. The molecule has 2 atom stereocenters. The fourth-order valence-corrected chi connectivity index (χ4v) is 2.52. The normalized spacial score (nSPS) is 22.5. The van der Waals surface area contributed by atoms with Crippen molar-refractivity contribution in [3.05, 3.63) is 0 Å². The van der Waals surface area contributed by atoms with Gasteiger partial charge >= 0.3 is 5.97 Å². The molecule has 1 aliphatic heterocycles. The summed E-state index contributed by atoms with van der Waals surface area (Å²) in [6.45, 7) is 8.08. The number of amides is 1. The standard InChI is InChI=1S/C17H27NO3/c1-6-7-8-9-15(19)18-12-14(11-10-13(18)2)16(20)21-17(3,4)5/h1,13-14H,7-12H2,2-5H3. The van der Waals surface area contributed by atoms with Gasteiger partial charge in [-0.1, -0.05) is 0 Å². The van der Waals surface area contributed by atoms with Crippen molar-refractivity contribution >= 4 is 11.9 Å². The van der Waals surface area contributed by atoms with Gasteiger partial charge in [-0.3, -0.25) is 9.59 Å². The molecule has 0 saturated carbocycles. The van der Waals surface area contributed by atoms with Gasteiger partial charge in [0.2, 0.25) is 5.91 Å². The molecular weight excluding hydrogens is 266 g/mol. The summed E-state index contributed by atoms with van der Waals surface area (Å²) in [5.74, 6) is 2.22. The average molecular weight is 293 g/mol. The van der Waals surface area contributed by atoms with Gasteiger partial charge in [-0.2, -0.15) is 0 Å². The second-order valence-electron chi connectivity index (χ2n) is 6.76. The van der Waals surface area contributed by atoms with E-state index in [1.807, 2.05) is 32.6 Å². The van der Waals surface area contributed by atoms with Gasteiger partial charge < -0.3 is 9.64 Å². The second-order valence-corrected chi connectivity index (χ2v) is 6.76. The van der Waals surface area contributed by atoms with Crippen molar-refractivity contribution in [1.29, 1.82) is 0 Å². The molecule has 1 saturated heterocycles. The van der Waals surface area contributed by atoms with Gasteiger partial charge in [-0.15, -0.1) is 12.3 Å². The lowest BCUT2D eigenvalue weighted by Gasteiger charge is -2.38. The zero-order valence-electron chi connectivity index (χ0n) is 13.6. The zero-order chi connectivity index (χ0) is 16.0. The van der Waals surface area contributed by atoms with Crippen LogP contribution >= 0.6 is 0 Å². The van der Waals surface area contributed by atoms with Crippen molar-refractivity contribution in [2.75, 3.05) is 6.54 Å². The van der Waals surface area contributed by atoms with E-state index in [0.717, 1.165) is 12.8 Å². The van der Waals surface area contributed by atoms with E-state index < -0.39 is 5.60 Å². The first-order valence-electron chi connectivity index (χ1n) is 7.70. The number of ether oxygens (including phenoxy) is 1. The molecule has 0 aromatic rings. The molecule has 4 nitrogen and oxygen atoms in total. The summed E-state index contributed by atoms with van der Waals surface area (Å²) in [4.78, 5) is 26.2. The molecule has 1 heterocycles. The third kappa shape index (κ3) is 5.79. The van der Waals surface area contributed by atoms with E-state index in [-0.39, 0.29) is 23.8 Å². The Morgan fingerprint density at radius 1 is 1.33 bits per heavy atom. The number of unbranched alkanes of at least 4 members (excludes halogenated alkanes) is 1. The Morgan fingerprint density at radius 2 is 2.00 bits per heavy atom. The van der Waals surface area contributed by atoms with Gasteiger partial charge in [0.15, 0.2) is 0 Å².